The van der Waals surface area contributed by atoms with Gasteiger partial charge >= 0.3 is 0 Å². The van der Waals surface area contributed by atoms with E-state index in [9.17, 15) is 4.79 Å². The number of rotatable bonds is 6. The highest BCUT2D eigenvalue weighted by Gasteiger charge is 2.40. The van der Waals surface area contributed by atoms with E-state index in [-0.39, 0.29) is 5.91 Å². The summed E-state index contributed by atoms with van der Waals surface area (Å²) in [6.45, 7) is 8.49. The SMILES string of the molecule is COCc1ccccc1CNC(=O)C(C)(C)C(C)(C)N. The first-order chi connectivity index (χ1) is 9.20. The minimum Gasteiger partial charge on any atom is -0.380 e. The summed E-state index contributed by atoms with van der Waals surface area (Å²) in [6.07, 6.45) is 0. The van der Waals surface area contributed by atoms with E-state index >= 15 is 0 Å². The number of nitrogens with one attached hydrogen (secondary N) is 1. The van der Waals surface area contributed by atoms with Gasteiger partial charge in [0.15, 0.2) is 0 Å². The molecule has 3 N–H and O–H groups in total. The summed E-state index contributed by atoms with van der Waals surface area (Å²) in [6, 6.07) is 7.92. The van der Waals surface area contributed by atoms with Gasteiger partial charge in [0.05, 0.1) is 12.0 Å². The van der Waals surface area contributed by atoms with Crippen LogP contribution in [0.4, 0.5) is 0 Å². The Bertz CT molecular complexity index is 462. The Labute approximate surface area is 121 Å². The van der Waals surface area contributed by atoms with Crippen molar-refractivity contribution in [3.05, 3.63) is 35.4 Å². The topological polar surface area (TPSA) is 64.3 Å². The zero-order valence-corrected chi connectivity index (χ0v) is 13.1. The first-order valence-corrected chi connectivity index (χ1v) is 6.83. The number of hydrogen-bond donors (Lipinski definition) is 2. The van der Waals surface area contributed by atoms with E-state index in [1.807, 2.05) is 52.0 Å². The fourth-order valence-electron chi connectivity index (χ4n) is 1.72. The van der Waals surface area contributed by atoms with Crippen molar-refractivity contribution in [2.45, 2.75) is 46.4 Å². The van der Waals surface area contributed by atoms with Gasteiger partial charge in [-0.05, 0) is 38.8 Å². The Kier molecular flexibility index (Phi) is 5.31. The van der Waals surface area contributed by atoms with Crippen molar-refractivity contribution in [2.24, 2.45) is 11.1 Å². The second-order valence-corrected chi connectivity index (χ2v) is 6.23. The molecule has 1 amide bonds. The summed E-state index contributed by atoms with van der Waals surface area (Å²) in [4.78, 5) is 12.3. The largest absolute Gasteiger partial charge is 0.380 e. The molecular formula is C16H26N2O2. The average molecular weight is 278 g/mol. The number of methoxy groups -OCH3 is 1. The molecule has 0 aliphatic rings. The zero-order valence-electron chi connectivity index (χ0n) is 13.1. The molecule has 1 aromatic rings. The van der Waals surface area contributed by atoms with Gasteiger partial charge in [0.2, 0.25) is 5.91 Å². The first-order valence-electron chi connectivity index (χ1n) is 6.83. The van der Waals surface area contributed by atoms with Crippen molar-refractivity contribution in [3.63, 3.8) is 0 Å². The normalized spacial score (nSPS) is 12.3. The van der Waals surface area contributed by atoms with Crippen LogP contribution in [0.2, 0.25) is 0 Å². The third-order valence-electron chi connectivity index (χ3n) is 4.04. The molecule has 20 heavy (non-hydrogen) atoms. The van der Waals surface area contributed by atoms with Crippen LogP contribution in [0.5, 0.6) is 0 Å². The maximum atomic E-state index is 12.3. The molecule has 0 atom stereocenters. The zero-order chi connectivity index (χ0) is 15.4. The van der Waals surface area contributed by atoms with E-state index in [2.05, 4.69) is 5.32 Å². The quantitative estimate of drug-likeness (QED) is 0.838. The van der Waals surface area contributed by atoms with E-state index in [4.69, 9.17) is 10.5 Å². The van der Waals surface area contributed by atoms with Crippen LogP contribution in [0.15, 0.2) is 24.3 Å². The summed E-state index contributed by atoms with van der Waals surface area (Å²) in [5, 5.41) is 2.97. The Balaban J connectivity index is 2.75. The van der Waals surface area contributed by atoms with Crippen LogP contribution in [0.3, 0.4) is 0 Å². The third-order valence-corrected chi connectivity index (χ3v) is 4.04. The van der Waals surface area contributed by atoms with Crippen molar-refractivity contribution in [3.8, 4) is 0 Å². The Morgan fingerprint density at radius 3 is 2.25 bits per heavy atom. The van der Waals surface area contributed by atoms with Crippen LogP contribution in [-0.2, 0) is 22.7 Å². The maximum absolute atomic E-state index is 12.3. The lowest BCUT2D eigenvalue weighted by molar-refractivity contribution is -0.132. The lowest BCUT2D eigenvalue weighted by Gasteiger charge is -2.37. The molecule has 112 valence electrons. The Hall–Kier alpha value is -1.39. The predicted octanol–water partition coefficient (Wildman–Crippen LogP) is 2.21. The van der Waals surface area contributed by atoms with E-state index in [1.54, 1.807) is 7.11 Å². The van der Waals surface area contributed by atoms with Crippen LogP contribution < -0.4 is 11.1 Å². The van der Waals surface area contributed by atoms with Gasteiger partial charge in [0, 0.05) is 19.2 Å². The van der Waals surface area contributed by atoms with E-state index in [0.717, 1.165) is 11.1 Å². The Morgan fingerprint density at radius 1 is 1.20 bits per heavy atom. The first kappa shape index (κ1) is 16.7. The maximum Gasteiger partial charge on any atom is 0.227 e. The molecule has 1 aromatic carbocycles. The van der Waals surface area contributed by atoms with Crippen LogP contribution in [0.1, 0.15) is 38.8 Å². The highest BCUT2D eigenvalue weighted by atomic mass is 16.5. The predicted molar refractivity (Wildman–Crippen MR) is 81.0 cm³/mol. The number of hydrogen-bond acceptors (Lipinski definition) is 3. The summed E-state index contributed by atoms with van der Waals surface area (Å²) in [5.41, 5.74) is 7.01. The number of amides is 1. The number of ether oxygens (including phenoxy) is 1. The summed E-state index contributed by atoms with van der Waals surface area (Å²) in [7, 11) is 1.66. The Morgan fingerprint density at radius 2 is 1.75 bits per heavy atom. The van der Waals surface area contributed by atoms with Crippen molar-refractivity contribution in [2.75, 3.05) is 7.11 Å². The second kappa shape index (κ2) is 6.37. The van der Waals surface area contributed by atoms with Gasteiger partial charge in [-0.3, -0.25) is 4.79 Å². The highest BCUT2D eigenvalue weighted by Crippen LogP contribution is 2.28. The standard InChI is InChI=1S/C16H26N2O2/c1-15(2,16(3,4)17)14(19)18-10-12-8-6-7-9-13(12)11-20-5/h6-9H,10-11,17H2,1-5H3,(H,18,19). The van der Waals surface area contributed by atoms with Crippen molar-refractivity contribution < 1.29 is 9.53 Å². The molecule has 0 unspecified atom stereocenters. The highest BCUT2D eigenvalue weighted by molar-refractivity contribution is 5.83. The monoisotopic (exact) mass is 278 g/mol. The van der Waals surface area contributed by atoms with E-state index < -0.39 is 11.0 Å². The third kappa shape index (κ3) is 3.81. The molecule has 0 aromatic heterocycles. The van der Waals surface area contributed by atoms with Crippen LogP contribution in [-0.4, -0.2) is 18.6 Å². The van der Waals surface area contributed by atoms with Crippen molar-refractivity contribution in [1.29, 1.82) is 0 Å². The summed E-state index contributed by atoms with van der Waals surface area (Å²) >= 11 is 0. The fraction of sp³-hybridized carbons (Fsp3) is 0.562. The van der Waals surface area contributed by atoms with Crippen LogP contribution >= 0.6 is 0 Å². The molecule has 1 rings (SSSR count). The average Bonchev–Trinajstić information content (AvgIpc) is 2.36. The molecule has 0 saturated carbocycles. The van der Waals surface area contributed by atoms with E-state index in [0.29, 0.717) is 13.2 Å². The number of benzene rings is 1. The second-order valence-electron chi connectivity index (χ2n) is 6.23. The molecule has 0 saturated heterocycles. The summed E-state index contributed by atoms with van der Waals surface area (Å²) < 4.78 is 5.16. The molecular weight excluding hydrogens is 252 g/mol. The molecule has 0 bridgehead atoms. The molecule has 0 fully saturated rings. The molecule has 4 heteroatoms. The number of carbonyl (C=O) groups excluding carboxylic acids is 1. The fourth-order valence-corrected chi connectivity index (χ4v) is 1.72. The number of nitrogens with two attached hydrogens (primary N) is 1. The number of carbonyl (C=O) groups is 1. The molecule has 0 spiro atoms. The molecule has 0 heterocycles. The van der Waals surface area contributed by atoms with Gasteiger partial charge in [-0.25, -0.2) is 0 Å². The lowest BCUT2D eigenvalue weighted by Crippen LogP contribution is -2.55. The van der Waals surface area contributed by atoms with E-state index in [1.165, 1.54) is 0 Å². The van der Waals surface area contributed by atoms with Gasteiger partial charge in [0.1, 0.15) is 0 Å². The van der Waals surface area contributed by atoms with Crippen molar-refractivity contribution in [1.82, 2.24) is 5.32 Å². The van der Waals surface area contributed by atoms with Gasteiger partial charge in [-0.2, -0.15) is 0 Å². The molecule has 0 aliphatic heterocycles. The molecule has 4 nitrogen and oxygen atoms in total. The minimum atomic E-state index is -0.636. The van der Waals surface area contributed by atoms with Gasteiger partial charge in [-0.1, -0.05) is 24.3 Å². The van der Waals surface area contributed by atoms with Gasteiger partial charge in [-0.15, -0.1) is 0 Å². The van der Waals surface area contributed by atoms with Crippen molar-refractivity contribution >= 4 is 5.91 Å². The molecule has 0 aliphatic carbocycles. The molecule has 0 radical (unpaired) electrons. The minimum absolute atomic E-state index is 0.0442. The van der Waals surface area contributed by atoms with Gasteiger partial charge in [0.25, 0.3) is 0 Å². The smallest absolute Gasteiger partial charge is 0.227 e. The summed E-state index contributed by atoms with van der Waals surface area (Å²) in [5.74, 6) is -0.0442. The van der Waals surface area contributed by atoms with Gasteiger partial charge < -0.3 is 15.8 Å². The van der Waals surface area contributed by atoms with Crippen LogP contribution in [0.25, 0.3) is 0 Å². The van der Waals surface area contributed by atoms with Crippen LogP contribution in [0, 0.1) is 5.41 Å². The lowest BCUT2D eigenvalue weighted by atomic mass is 9.74.